The van der Waals surface area contributed by atoms with Gasteiger partial charge in [-0.25, -0.2) is 0 Å². The first kappa shape index (κ1) is 15.6. The van der Waals surface area contributed by atoms with Crippen LogP contribution in [-0.2, 0) is 9.53 Å². The molecule has 1 aliphatic heterocycles. The maximum Gasteiger partial charge on any atom is 0.123 e. The Hall–Kier alpha value is -0.410. The third kappa shape index (κ3) is 8.86. The van der Waals surface area contributed by atoms with E-state index in [1.807, 2.05) is 14.1 Å². The SMILES string of the molecule is CC1CCCO1.CCC(C=O)CCN(C)C. The second kappa shape index (κ2) is 9.79. The molecule has 0 radical (unpaired) electrons. The number of carbonyl (C=O) groups is 1. The van der Waals surface area contributed by atoms with Crippen LogP contribution < -0.4 is 0 Å². The van der Waals surface area contributed by atoms with Crippen molar-refractivity contribution in [2.45, 2.75) is 45.6 Å². The lowest BCUT2D eigenvalue weighted by Gasteiger charge is -2.11. The van der Waals surface area contributed by atoms with Crippen LogP contribution >= 0.6 is 0 Å². The molecule has 0 bridgehead atoms. The Morgan fingerprint density at radius 2 is 2.19 bits per heavy atom. The van der Waals surface area contributed by atoms with E-state index in [0.717, 1.165) is 32.3 Å². The summed E-state index contributed by atoms with van der Waals surface area (Å²) in [6.07, 6.45) is 6.10. The topological polar surface area (TPSA) is 29.5 Å². The van der Waals surface area contributed by atoms with Crippen molar-refractivity contribution in [3.63, 3.8) is 0 Å². The van der Waals surface area contributed by atoms with Crippen molar-refractivity contribution in [1.29, 1.82) is 0 Å². The largest absolute Gasteiger partial charge is 0.379 e. The van der Waals surface area contributed by atoms with Gasteiger partial charge in [-0.2, -0.15) is 0 Å². The van der Waals surface area contributed by atoms with Gasteiger partial charge in [0.15, 0.2) is 0 Å². The first-order chi connectivity index (χ1) is 7.60. The predicted molar refractivity (Wildman–Crippen MR) is 67.7 cm³/mol. The fourth-order valence-electron chi connectivity index (χ4n) is 1.53. The molecule has 1 rings (SSSR count). The third-order valence-corrected chi connectivity index (χ3v) is 2.82. The van der Waals surface area contributed by atoms with Crippen LogP contribution in [-0.4, -0.2) is 44.5 Å². The van der Waals surface area contributed by atoms with Gasteiger partial charge >= 0.3 is 0 Å². The standard InChI is InChI=1S/C8H17NO.C5H10O/c1-4-8(7-10)5-6-9(2)3;1-5-3-2-4-6-5/h7-8H,4-6H2,1-3H3;5H,2-4H2,1H3. The Balaban J connectivity index is 0.000000315. The molecule has 0 aromatic rings. The molecule has 3 nitrogen and oxygen atoms in total. The van der Waals surface area contributed by atoms with E-state index in [4.69, 9.17) is 4.74 Å². The van der Waals surface area contributed by atoms with Gasteiger partial charge in [0.1, 0.15) is 6.29 Å². The summed E-state index contributed by atoms with van der Waals surface area (Å²) in [5, 5.41) is 0. The lowest BCUT2D eigenvalue weighted by molar-refractivity contribution is -0.111. The Bertz CT molecular complexity index is 165. The number of rotatable bonds is 5. The van der Waals surface area contributed by atoms with Gasteiger partial charge in [-0.1, -0.05) is 6.92 Å². The molecule has 2 unspecified atom stereocenters. The van der Waals surface area contributed by atoms with Crippen LogP contribution in [0.25, 0.3) is 0 Å². The molecule has 1 fully saturated rings. The van der Waals surface area contributed by atoms with Crippen molar-refractivity contribution in [2.75, 3.05) is 27.2 Å². The minimum Gasteiger partial charge on any atom is -0.379 e. The predicted octanol–water partition coefficient (Wildman–Crippen LogP) is 2.35. The molecule has 3 heteroatoms. The Kier molecular flexibility index (Phi) is 9.54. The summed E-state index contributed by atoms with van der Waals surface area (Å²) in [6, 6.07) is 0. The summed E-state index contributed by atoms with van der Waals surface area (Å²) >= 11 is 0. The first-order valence-electron chi connectivity index (χ1n) is 6.31. The van der Waals surface area contributed by atoms with E-state index in [1.165, 1.54) is 12.8 Å². The van der Waals surface area contributed by atoms with E-state index in [-0.39, 0.29) is 5.92 Å². The summed E-state index contributed by atoms with van der Waals surface area (Å²) in [4.78, 5) is 12.4. The summed E-state index contributed by atoms with van der Waals surface area (Å²) in [7, 11) is 4.05. The Labute approximate surface area is 100 Å². The molecule has 0 aliphatic carbocycles. The molecule has 0 spiro atoms. The average molecular weight is 229 g/mol. The molecule has 16 heavy (non-hydrogen) atoms. The summed E-state index contributed by atoms with van der Waals surface area (Å²) in [5.41, 5.74) is 0. The monoisotopic (exact) mass is 229 g/mol. The Morgan fingerprint density at radius 3 is 2.44 bits per heavy atom. The third-order valence-electron chi connectivity index (χ3n) is 2.82. The van der Waals surface area contributed by atoms with Gasteiger partial charge in [-0.3, -0.25) is 0 Å². The van der Waals surface area contributed by atoms with Crippen LogP contribution in [0.5, 0.6) is 0 Å². The molecular weight excluding hydrogens is 202 g/mol. The highest BCUT2D eigenvalue weighted by Gasteiger charge is 2.07. The molecule has 0 N–H and O–H groups in total. The minimum atomic E-state index is 0.266. The highest BCUT2D eigenvalue weighted by molar-refractivity contribution is 5.53. The first-order valence-corrected chi connectivity index (χ1v) is 6.31. The second-order valence-electron chi connectivity index (χ2n) is 4.72. The van der Waals surface area contributed by atoms with Crippen molar-refractivity contribution < 1.29 is 9.53 Å². The van der Waals surface area contributed by atoms with E-state index in [9.17, 15) is 4.79 Å². The van der Waals surface area contributed by atoms with E-state index in [0.29, 0.717) is 6.10 Å². The van der Waals surface area contributed by atoms with Crippen LogP contribution in [0.4, 0.5) is 0 Å². The van der Waals surface area contributed by atoms with Crippen LogP contribution in [0.2, 0.25) is 0 Å². The lowest BCUT2D eigenvalue weighted by atomic mass is 10.0. The number of hydrogen-bond acceptors (Lipinski definition) is 3. The number of ether oxygens (including phenoxy) is 1. The summed E-state index contributed by atoms with van der Waals surface area (Å²) < 4.78 is 5.15. The second-order valence-corrected chi connectivity index (χ2v) is 4.72. The van der Waals surface area contributed by atoms with Crippen LogP contribution in [0.15, 0.2) is 0 Å². The highest BCUT2D eigenvalue weighted by atomic mass is 16.5. The van der Waals surface area contributed by atoms with Gasteiger partial charge in [-0.15, -0.1) is 0 Å². The number of aldehydes is 1. The van der Waals surface area contributed by atoms with E-state index < -0.39 is 0 Å². The minimum absolute atomic E-state index is 0.266. The van der Waals surface area contributed by atoms with Gasteiger partial charge in [0.2, 0.25) is 0 Å². The molecule has 1 aliphatic rings. The molecule has 1 heterocycles. The van der Waals surface area contributed by atoms with Gasteiger partial charge < -0.3 is 14.4 Å². The molecule has 96 valence electrons. The van der Waals surface area contributed by atoms with Gasteiger partial charge in [0.05, 0.1) is 6.10 Å². The fraction of sp³-hybridized carbons (Fsp3) is 0.923. The van der Waals surface area contributed by atoms with Gasteiger partial charge in [-0.05, 0) is 53.2 Å². The van der Waals surface area contributed by atoms with Crippen molar-refractivity contribution >= 4 is 6.29 Å². The Morgan fingerprint density at radius 1 is 1.50 bits per heavy atom. The molecule has 0 amide bonds. The van der Waals surface area contributed by atoms with Crippen molar-refractivity contribution in [1.82, 2.24) is 4.90 Å². The summed E-state index contributed by atoms with van der Waals surface area (Å²) in [6.45, 7) is 6.17. The fourth-order valence-corrected chi connectivity index (χ4v) is 1.53. The molecule has 2 atom stereocenters. The zero-order valence-electron chi connectivity index (χ0n) is 11.2. The summed E-state index contributed by atoms with van der Waals surface area (Å²) in [5.74, 6) is 0.266. The van der Waals surface area contributed by atoms with Crippen molar-refractivity contribution in [3.8, 4) is 0 Å². The number of carbonyl (C=O) groups excluding carboxylic acids is 1. The van der Waals surface area contributed by atoms with Crippen molar-refractivity contribution in [3.05, 3.63) is 0 Å². The highest BCUT2D eigenvalue weighted by Crippen LogP contribution is 2.09. The maximum atomic E-state index is 10.3. The van der Waals surface area contributed by atoms with E-state index in [1.54, 1.807) is 0 Å². The van der Waals surface area contributed by atoms with E-state index >= 15 is 0 Å². The normalized spacial score (nSPS) is 21.4. The zero-order chi connectivity index (χ0) is 12.4. The number of nitrogens with zero attached hydrogens (tertiary/aromatic N) is 1. The van der Waals surface area contributed by atoms with Crippen LogP contribution in [0, 0.1) is 5.92 Å². The van der Waals surface area contributed by atoms with Crippen molar-refractivity contribution in [2.24, 2.45) is 5.92 Å². The van der Waals surface area contributed by atoms with Gasteiger partial charge in [0, 0.05) is 12.5 Å². The lowest BCUT2D eigenvalue weighted by Crippen LogP contribution is -2.16. The molecule has 0 saturated carbocycles. The zero-order valence-corrected chi connectivity index (χ0v) is 11.2. The van der Waals surface area contributed by atoms with Gasteiger partial charge in [0.25, 0.3) is 0 Å². The van der Waals surface area contributed by atoms with Crippen LogP contribution in [0.1, 0.15) is 39.5 Å². The molecule has 1 saturated heterocycles. The molecule has 0 aromatic heterocycles. The number of hydrogen-bond donors (Lipinski definition) is 0. The molecular formula is C13H27NO2. The smallest absolute Gasteiger partial charge is 0.123 e. The average Bonchev–Trinajstić information content (AvgIpc) is 2.71. The molecule has 0 aromatic carbocycles. The maximum absolute atomic E-state index is 10.3. The van der Waals surface area contributed by atoms with Crippen LogP contribution in [0.3, 0.4) is 0 Å². The quantitative estimate of drug-likeness (QED) is 0.678. The van der Waals surface area contributed by atoms with E-state index in [2.05, 4.69) is 18.7 Å².